The van der Waals surface area contributed by atoms with Crippen LogP contribution in [-0.4, -0.2) is 23.5 Å². The number of ether oxygens (including phenoxy) is 1. The molecule has 22 heavy (non-hydrogen) atoms. The zero-order valence-electron chi connectivity index (χ0n) is 12.5. The molecule has 7 heteroatoms. The summed E-state index contributed by atoms with van der Waals surface area (Å²) in [7, 11) is 0. The molecule has 0 spiro atoms. The van der Waals surface area contributed by atoms with Crippen molar-refractivity contribution in [3.05, 3.63) is 42.5 Å². The smallest absolute Gasteiger partial charge is 0.269 e. The Bertz CT molecular complexity index is 556. The number of hydrogen-bond acceptors (Lipinski definition) is 4. The molecule has 0 unspecified atom stereocenters. The minimum atomic E-state index is -0.378. The van der Waals surface area contributed by atoms with Crippen LogP contribution in [0.1, 0.15) is 24.2 Å². The van der Waals surface area contributed by atoms with Crippen LogP contribution in [0.15, 0.2) is 36.9 Å². The third-order valence-corrected chi connectivity index (χ3v) is 2.74. The van der Waals surface area contributed by atoms with E-state index in [2.05, 4.69) is 22.7 Å². The molecule has 1 rings (SSSR count). The lowest BCUT2D eigenvalue weighted by Gasteiger charge is -2.12. The number of hydrazine groups is 1. The van der Waals surface area contributed by atoms with E-state index in [1.54, 1.807) is 44.2 Å². The van der Waals surface area contributed by atoms with E-state index in [0.717, 1.165) is 0 Å². The van der Waals surface area contributed by atoms with Crippen LogP contribution >= 0.6 is 12.2 Å². The summed E-state index contributed by atoms with van der Waals surface area (Å²) in [6, 6.07) is 6.59. The van der Waals surface area contributed by atoms with Gasteiger partial charge in [-0.05, 0) is 36.5 Å². The fourth-order valence-electron chi connectivity index (χ4n) is 1.33. The van der Waals surface area contributed by atoms with Gasteiger partial charge in [0, 0.05) is 11.5 Å². The first-order valence-electron chi connectivity index (χ1n) is 6.69. The van der Waals surface area contributed by atoms with Crippen LogP contribution in [0.2, 0.25) is 0 Å². The zero-order valence-corrected chi connectivity index (χ0v) is 13.3. The van der Waals surface area contributed by atoms with Gasteiger partial charge >= 0.3 is 0 Å². The number of thiocarbonyl (C=S) groups is 1. The van der Waals surface area contributed by atoms with E-state index in [1.165, 1.54) is 0 Å². The maximum atomic E-state index is 11.9. The average Bonchev–Trinajstić information content (AvgIpc) is 2.50. The number of carbonyl (C=O) groups excluding carboxylic acids is 2. The molecule has 0 aliphatic heterocycles. The number of carbonyl (C=O) groups is 2. The maximum Gasteiger partial charge on any atom is 0.269 e. The van der Waals surface area contributed by atoms with Crippen LogP contribution in [0.25, 0.3) is 0 Å². The molecule has 118 valence electrons. The Kier molecular flexibility index (Phi) is 7.04. The summed E-state index contributed by atoms with van der Waals surface area (Å²) in [4.78, 5) is 23.3. The second kappa shape index (κ2) is 8.78. The Morgan fingerprint density at radius 2 is 1.91 bits per heavy atom. The molecule has 1 aromatic rings. The monoisotopic (exact) mass is 321 g/mol. The Morgan fingerprint density at radius 1 is 1.27 bits per heavy atom. The fourth-order valence-corrected chi connectivity index (χ4v) is 1.48. The van der Waals surface area contributed by atoms with Gasteiger partial charge in [-0.3, -0.25) is 20.4 Å². The van der Waals surface area contributed by atoms with E-state index in [1.807, 2.05) is 0 Å². The van der Waals surface area contributed by atoms with Crippen molar-refractivity contribution in [2.45, 2.75) is 13.8 Å². The van der Waals surface area contributed by atoms with E-state index in [0.29, 0.717) is 17.9 Å². The van der Waals surface area contributed by atoms with E-state index in [9.17, 15) is 9.59 Å². The highest BCUT2D eigenvalue weighted by Crippen LogP contribution is 2.11. The number of rotatable bonds is 5. The lowest BCUT2D eigenvalue weighted by Crippen LogP contribution is -2.49. The van der Waals surface area contributed by atoms with Crippen LogP contribution < -0.4 is 20.9 Å². The first kappa shape index (κ1) is 17.6. The predicted octanol–water partition coefficient (Wildman–Crippen LogP) is 1.54. The number of amides is 2. The number of nitrogens with one attached hydrogen (secondary N) is 3. The van der Waals surface area contributed by atoms with Gasteiger partial charge in [0.2, 0.25) is 5.91 Å². The molecule has 0 aliphatic carbocycles. The zero-order chi connectivity index (χ0) is 16.5. The SMILES string of the molecule is C=CCOc1ccc(C(=O)NNC(=S)NC(=O)C(C)C)cc1. The van der Waals surface area contributed by atoms with Crippen LogP contribution in [-0.2, 0) is 4.79 Å². The quantitative estimate of drug-likeness (QED) is 0.435. The van der Waals surface area contributed by atoms with E-state index in [4.69, 9.17) is 17.0 Å². The Balaban J connectivity index is 2.46. The Labute approximate surface area is 134 Å². The second-order valence-corrected chi connectivity index (χ2v) is 5.08. The summed E-state index contributed by atoms with van der Waals surface area (Å²) in [6.45, 7) is 7.44. The largest absolute Gasteiger partial charge is 0.490 e. The van der Waals surface area contributed by atoms with Gasteiger partial charge in [0.05, 0.1) is 0 Å². The highest BCUT2D eigenvalue weighted by Gasteiger charge is 2.10. The third-order valence-electron chi connectivity index (χ3n) is 2.54. The van der Waals surface area contributed by atoms with Crippen molar-refractivity contribution < 1.29 is 14.3 Å². The van der Waals surface area contributed by atoms with Gasteiger partial charge in [-0.2, -0.15) is 0 Å². The van der Waals surface area contributed by atoms with Gasteiger partial charge in [-0.1, -0.05) is 26.5 Å². The van der Waals surface area contributed by atoms with Crippen molar-refractivity contribution >= 4 is 29.1 Å². The van der Waals surface area contributed by atoms with Gasteiger partial charge in [0.25, 0.3) is 5.91 Å². The average molecular weight is 321 g/mol. The third kappa shape index (κ3) is 5.92. The van der Waals surface area contributed by atoms with E-state index >= 15 is 0 Å². The number of hydrogen-bond donors (Lipinski definition) is 3. The molecular weight excluding hydrogens is 302 g/mol. The molecule has 0 bridgehead atoms. The lowest BCUT2D eigenvalue weighted by atomic mass is 10.2. The summed E-state index contributed by atoms with van der Waals surface area (Å²) in [5.74, 6) is -0.158. The molecule has 1 aromatic carbocycles. The van der Waals surface area contributed by atoms with Gasteiger partial charge in [0.15, 0.2) is 5.11 Å². The van der Waals surface area contributed by atoms with Crippen molar-refractivity contribution in [2.75, 3.05) is 6.61 Å². The first-order chi connectivity index (χ1) is 10.4. The summed E-state index contributed by atoms with van der Waals surface area (Å²) in [6.07, 6.45) is 1.64. The maximum absolute atomic E-state index is 11.9. The molecule has 0 saturated carbocycles. The molecule has 3 N–H and O–H groups in total. The molecule has 0 aromatic heterocycles. The van der Waals surface area contributed by atoms with Crippen molar-refractivity contribution in [3.63, 3.8) is 0 Å². The van der Waals surface area contributed by atoms with Gasteiger partial charge in [0.1, 0.15) is 12.4 Å². The summed E-state index contributed by atoms with van der Waals surface area (Å²) in [5.41, 5.74) is 5.30. The molecule has 0 aliphatic rings. The van der Waals surface area contributed by atoms with Crippen LogP contribution in [0.3, 0.4) is 0 Å². The summed E-state index contributed by atoms with van der Waals surface area (Å²) in [5, 5.41) is 2.50. The van der Waals surface area contributed by atoms with Crippen molar-refractivity contribution in [3.8, 4) is 5.75 Å². The highest BCUT2D eigenvalue weighted by atomic mass is 32.1. The van der Waals surface area contributed by atoms with Crippen molar-refractivity contribution in [2.24, 2.45) is 5.92 Å². The van der Waals surface area contributed by atoms with Gasteiger partial charge in [-0.15, -0.1) is 0 Å². The van der Waals surface area contributed by atoms with Crippen molar-refractivity contribution in [1.29, 1.82) is 0 Å². The molecule has 6 nitrogen and oxygen atoms in total. The molecular formula is C15H19N3O3S. The summed E-state index contributed by atoms with van der Waals surface area (Å²) < 4.78 is 5.32. The van der Waals surface area contributed by atoms with E-state index < -0.39 is 0 Å². The molecule has 0 fully saturated rings. The van der Waals surface area contributed by atoms with Crippen molar-refractivity contribution in [1.82, 2.24) is 16.2 Å². The van der Waals surface area contributed by atoms with Crippen LogP contribution in [0.5, 0.6) is 5.75 Å². The van der Waals surface area contributed by atoms with Gasteiger partial charge in [-0.25, -0.2) is 0 Å². The lowest BCUT2D eigenvalue weighted by molar-refractivity contribution is -0.122. The standard InChI is InChI=1S/C15H19N3O3S/c1-4-9-21-12-7-5-11(6-8-12)14(20)17-18-15(22)16-13(19)10(2)3/h4-8,10H,1,9H2,2-3H3,(H,17,20)(H2,16,18,19,22). The molecule has 2 amide bonds. The summed E-state index contributed by atoms with van der Waals surface area (Å²) >= 11 is 4.90. The van der Waals surface area contributed by atoms with Crippen LogP contribution in [0, 0.1) is 5.92 Å². The predicted molar refractivity (Wildman–Crippen MR) is 88.3 cm³/mol. The minimum Gasteiger partial charge on any atom is -0.490 e. The topological polar surface area (TPSA) is 79.5 Å². The molecule has 0 saturated heterocycles. The van der Waals surface area contributed by atoms with E-state index in [-0.39, 0.29) is 22.8 Å². The van der Waals surface area contributed by atoms with Crippen LogP contribution in [0.4, 0.5) is 0 Å². The molecule has 0 heterocycles. The second-order valence-electron chi connectivity index (χ2n) is 4.68. The Hall–Kier alpha value is -2.41. The fraction of sp³-hybridized carbons (Fsp3) is 0.267. The normalized spacial score (nSPS) is 9.77. The molecule has 0 radical (unpaired) electrons. The minimum absolute atomic E-state index is 0.0398. The number of benzene rings is 1. The Morgan fingerprint density at radius 3 is 2.45 bits per heavy atom. The highest BCUT2D eigenvalue weighted by molar-refractivity contribution is 7.80. The molecule has 0 atom stereocenters. The van der Waals surface area contributed by atoms with Gasteiger partial charge < -0.3 is 10.1 Å². The first-order valence-corrected chi connectivity index (χ1v) is 7.09.